The summed E-state index contributed by atoms with van der Waals surface area (Å²) in [6.07, 6.45) is 1.77. The summed E-state index contributed by atoms with van der Waals surface area (Å²) in [5, 5.41) is 12.4. The fraction of sp³-hybridized carbons (Fsp3) is 0.571. The van der Waals surface area contributed by atoms with Gasteiger partial charge in [-0.1, -0.05) is 6.92 Å². The Morgan fingerprint density at radius 2 is 2.22 bits per heavy atom. The zero-order valence-electron chi connectivity index (χ0n) is 11.1. The number of aliphatic hydroxyl groups excluding tert-OH is 1. The molecule has 0 fully saturated rings. The van der Waals surface area contributed by atoms with Crippen molar-refractivity contribution >= 4 is 0 Å². The lowest BCUT2D eigenvalue weighted by molar-refractivity contribution is 0.208. The standard InChI is InChI=1S/C14H22FNO2/c1-3-7-16-13(10-17)6-8-18-14-5-4-12(15)9-11(14)2/h4-5,9,13,16-17H,3,6-8,10H2,1-2H3. The number of aliphatic hydroxyl groups is 1. The van der Waals surface area contributed by atoms with Gasteiger partial charge in [0, 0.05) is 6.04 Å². The highest BCUT2D eigenvalue weighted by Gasteiger charge is 2.07. The van der Waals surface area contributed by atoms with Crippen LogP contribution in [0.3, 0.4) is 0 Å². The molecule has 1 rings (SSSR count). The fourth-order valence-electron chi connectivity index (χ4n) is 1.69. The summed E-state index contributed by atoms with van der Waals surface area (Å²) in [5.41, 5.74) is 0.789. The molecule has 0 aromatic heterocycles. The molecule has 4 heteroatoms. The van der Waals surface area contributed by atoms with Crippen LogP contribution in [-0.2, 0) is 0 Å². The molecule has 0 saturated heterocycles. The van der Waals surface area contributed by atoms with Crippen molar-refractivity contribution in [2.24, 2.45) is 0 Å². The van der Waals surface area contributed by atoms with Crippen LogP contribution in [0.1, 0.15) is 25.3 Å². The first-order valence-corrected chi connectivity index (χ1v) is 6.40. The first-order valence-electron chi connectivity index (χ1n) is 6.40. The molecule has 0 aliphatic rings. The third kappa shape index (κ3) is 5.02. The Hall–Kier alpha value is -1.13. The van der Waals surface area contributed by atoms with Crippen LogP contribution in [0.2, 0.25) is 0 Å². The normalized spacial score (nSPS) is 12.4. The summed E-state index contributed by atoms with van der Waals surface area (Å²) in [7, 11) is 0. The van der Waals surface area contributed by atoms with Gasteiger partial charge in [0.15, 0.2) is 0 Å². The number of benzene rings is 1. The van der Waals surface area contributed by atoms with Crippen molar-refractivity contribution < 1.29 is 14.2 Å². The lowest BCUT2D eigenvalue weighted by Gasteiger charge is -2.16. The Balaban J connectivity index is 2.35. The van der Waals surface area contributed by atoms with E-state index in [0.29, 0.717) is 12.4 Å². The van der Waals surface area contributed by atoms with Gasteiger partial charge in [-0.25, -0.2) is 4.39 Å². The lowest BCUT2D eigenvalue weighted by atomic mass is 10.2. The van der Waals surface area contributed by atoms with Crippen molar-refractivity contribution in [3.63, 3.8) is 0 Å². The van der Waals surface area contributed by atoms with E-state index in [-0.39, 0.29) is 18.5 Å². The molecular weight excluding hydrogens is 233 g/mol. The summed E-state index contributed by atoms with van der Waals surface area (Å²) >= 11 is 0. The maximum absolute atomic E-state index is 12.9. The summed E-state index contributed by atoms with van der Waals surface area (Å²) in [4.78, 5) is 0. The van der Waals surface area contributed by atoms with E-state index in [1.807, 2.05) is 6.92 Å². The largest absolute Gasteiger partial charge is 0.493 e. The van der Waals surface area contributed by atoms with Gasteiger partial charge in [0.25, 0.3) is 0 Å². The van der Waals surface area contributed by atoms with Gasteiger partial charge in [0.2, 0.25) is 0 Å². The van der Waals surface area contributed by atoms with Crippen molar-refractivity contribution in [2.45, 2.75) is 32.7 Å². The van der Waals surface area contributed by atoms with Gasteiger partial charge in [-0.05, 0) is 50.1 Å². The second kappa shape index (κ2) is 8.06. The van der Waals surface area contributed by atoms with E-state index in [1.54, 1.807) is 6.07 Å². The smallest absolute Gasteiger partial charge is 0.123 e. The third-order valence-electron chi connectivity index (χ3n) is 2.76. The molecule has 2 N–H and O–H groups in total. The molecular formula is C14H22FNO2. The number of rotatable bonds is 8. The highest BCUT2D eigenvalue weighted by Crippen LogP contribution is 2.18. The van der Waals surface area contributed by atoms with Crippen LogP contribution < -0.4 is 10.1 Å². The number of hydrogen-bond acceptors (Lipinski definition) is 3. The summed E-state index contributed by atoms with van der Waals surface area (Å²) in [6.45, 7) is 5.40. The van der Waals surface area contributed by atoms with Crippen molar-refractivity contribution in [3.8, 4) is 5.75 Å². The van der Waals surface area contributed by atoms with E-state index < -0.39 is 0 Å². The molecule has 3 nitrogen and oxygen atoms in total. The minimum Gasteiger partial charge on any atom is -0.493 e. The number of nitrogens with one attached hydrogen (secondary N) is 1. The van der Waals surface area contributed by atoms with E-state index in [1.165, 1.54) is 12.1 Å². The first-order chi connectivity index (χ1) is 8.67. The third-order valence-corrected chi connectivity index (χ3v) is 2.76. The van der Waals surface area contributed by atoms with Gasteiger partial charge >= 0.3 is 0 Å². The molecule has 1 unspecified atom stereocenters. The Bertz CT molecular complexity index is 358. The number of aryl methyl sites for hydroxylation is 1. The maximum Gasteiger partial charge on any atom is 0.123 e. The van der Waals surface area contributed by atoms with Crippen molar-refractivity contribution in [1.29, 1.82) is 0 Å². The fourth-order valence-corrected chi connectivity index (χ4v) is 1.69. The molecule has 1 atom stereocenters. The van der Waals surface area contributed by atoms with E-state index >= 15 is 0 Å². The molecule has 18 heavy (non-hydrogen) atoms. The predicted molar refractivity (Wildman–Crippen MR) is 70.4 cm³/mol. The minimum absolute atomic E-state index is 0.0608. The van der Waals surface area contributed by atoms with Crippen LogP contribution in [0.4, 0.5) is 4.39 Å². The van der Waals surface area contributed by atoms with Crippen molar-refractivity contribution in [2.75, 3.05) is 19.8 Å². The lowest BCUT2D eigenvalue weighted by Crippen LogP contribution is -2.34. The second-order valence-corrected chi connectivity index (χ2v) is 4.38. The molecule has 0 aliphatic heterocycles. The van der Waals surface area contributed by atoms with Gasteiger partial charge in [0.1, 0.15) is 11.6 Å². The van der Waals surface area contributed by atoms with Gasteiger partial charge in [-0.3, -0.25) is 0 Å². The van der Waals surface area contributed by atoms with Crippen LogP contribution in [0.25, 0.3) is 0 Å². The van der Waals surface area contributed by atoms with Gasteiger partial charge < -0.3 is 15.2 Å². The predicted octanol–water partition coefficient (Wildman–Crippen LogP) is 2.26. The molecule has 0 saturated carbocycles. The Kier molecular flexibility index (Phi) is 6.68. The van der Waals surface area contributed by atoms with Crippen LogP contribution in [0.15, 0.2) is 18.2 Å². The summed E-state index contributed by atoms with van der Waals surface area (Å²) in [6, 6.07) is 4.54. The highest BCUT2D eigenvalue weighted by atomic mass is 19.1. The van der Waals surface area contributed by atoms with Crippen LogP contribution in [0.5, 0.6) is 5.75 Å². The molecule has 0 radical (unpaired) electrons. The molecule has 1 aromatic rings. The first kappa shape index (κ1) is 14.9. The van der Waals surface area contributed by atoms with Crippen molar-refractivity contribution in [1.82, 2.24) is 5.32 Å². The molecule has 0 spiro atoms. The van der Waals surface area contributed by atoms with Crippen LogP contribution in [-0.4, -0.2) is 30.9 Å². The molecule has 0 bridgehead atoms. The number of ether oxygens (including phenoxy) is 1. The SMILES string of the molecule is CCCNC(CO)CCOc1ccc(F)cc1C. The van der Waals surface area contributed by atoms with Gasteiger partial charge in [-0.15, -0.1) is 0 Å². The van der Waals surface area contributed by atoms with E-state index in [9.17, 15) is 9.50 Å². The Morgan fingerprint density at radius 1 is 1.44 bits per heavy atom. The summed E-state index contributed by atoms with van der Waals surface area (Å²) in [5.74, 6) is 0.446. The molecule has 0 amide bonds. The van der Waals surface area contributed by atoms with Crippen LogP contribution in [0, 0.1) is 12.7 Å². The van der Waals surface area contributed by atoms with Crippen LogP contribution >= 0.6 is 0 Å². The molecule has 0 heterocycles. The molecule has 102 valence electrons. The molecule has 0 aliphatic carbocycles. The topological polar surface area (TPSA) is 41.5 Å². The Labute approximate surface area is 108 Å². The van der Waals surface area contributed by atoms with E-state index in [0.717, 1.165) is 24.9 Å². The zero-order valence-corrected chi connectivity index (χ0v) is 11.1. The second-order valence-electron chi connectivity index (χ2n) is 4.38. The number of halogens is 1. The van der Waals surface area contributed by atoms with Crippen molar-refractivity contribution in [3.05, 3.63) is 29.6 Å². The quantitative estimate of drug-likeness (QED) is 0.748. The van der Waals surface area contributed by atoms with E-state index in [2.05, 4.69) is 12.2 Å². The van der Waals surface area contributed by atoms with E-state index in [4.69, 9.17) is 4.74 Å². The number of hydrogen-bond donors (Lipinski definition) is 2. The monoisotopic (exact) mass is 255 g/mol. The minimum atomic E-state index is -0.252. The average molecular weight is 255 g/mol. The molecule has 1 aromatic carbocycles. The van der Waals surface area contributed by atoms with Gasteiger partial charge in [0.05, 0.1) is 13.2 Å². The van der Waals surface area contributed by atoms with Gasteiger partial charge in [-0.2, -0.15) is 0 Å². The Morgan fingerprint density at radius 3 is 2.83 bits per heavy atom. The average Bonchev–Trinajstić information content (AvgIpc) is 2.36. The summed E-state index contributed by atoms with van der Waals surface area (Å²) < 4.78 is 18.5. The highest BCUT2D eigenvalue weighted by molar-refractivity contribution is 5.32. The zero-order chi connectivity index (χ0) is 13.4. The maximum atomic E-state index is 12.9.